The fourth-order valence-electron chi connectivity index (χ4n) is 2.29. The zero-order chi connectivity index (χ0) is 17.6. The number of hydrogen-bond acceptors (Lipinski definition) is 7. The van der Waals surface area contributed by atoms with Crippen LogP contribution in [0.25, 0.3) is 0 Å². The predicted molar refractivity (Wildman–Crippen MR) is 101 cm³/mol. The first-order valence-corrected chi connectivity index (χ1v) is 7.76. The fraction of sp³-hybridized carbons (Fsp3) is 0.111. The van der Waals surface area contributed by atoms with Gasteiger partial charge in [0.15, 0.2) is 11.6 Å². The van der Waals surface area contributed by atoms with Gasteiger partial charge in [-0.15, -0.1) is 0 Å². The summed E-state index contributed by atoms with van der Waals surface area (Å²) in [7, 11) is 1.62. The highest BCUT2D eigenvalue weighted by atomic mass is 16.5. The molecule has 1 aromatic heterocycles. The Morgan fingerprint density at radius 2 is 1.72 bits per heavy atom. The molecule has 0 amide bonds. The summed E-state index contributed by atoms with van der Waals surface area (Å²) in [6.07, 6.45) is 1.44. The molecule has 0 bridgehead atoms. The molecule has 0 saturated carbocycles. The molecule has 25 heavy (non-hydrogen) atoms. The molecule has 7 nitrogen and oxygen atoms in total. The van der Waals surface area contributed by atoms with Gasteiger partial charge in [-0.25, -0.2) is 9.97 Å². The van der Waals surface area contributed by atoms with Gasteiger partial charge in [-0.3, -0.25) is 10.9 Å². The van der Waals surface area contributed by atoms with Crippen LogP contribution in [0.15, 0.2) is 54.9 Å². The largest absolute Gasteiger partial charge is 0.495 e. The van der Waals surface area contributed by atoms with Crippen LogP contribution in [0.1, 0.15) is 5.56 Å². The zero-order valence-electron chi connectivity index (χ0n) is 14.1. The van der Waals surface area contributed by atoms with Crippen molar-refractivity contribution in [3.05, 3.63) is 60.4 Å². The van der Waals surface area contributed by atoms with Crippen LogP contribution in [0.4, 0.5) is 28.7 Å². The number of hydrogen-bond donors (Lipinski definition) is 4. The molecule has 0 spiro atoms. The third kappa shape index (κ3) is 3.89. The number of nitrogens with zero attached hydrogens (tertiary/aromatic N) is 2. The Morgan fingerprint density at radius 1 is 0.960 bits per heavy atom. The van der Waals surface area contributed by atoms with E-state index < -0.39 is 0 Å². The number of nitrogens with two attached hydrogens (primary N) is 1. The van der Waals surface area contributed by atoms with Gasteiger partial charge in [-0.05, 0) is 36.8 Å². The summed E-state index contributed by atoms with van der Waals surface area (Å²) in [5.74, 6) is 1.68. The number of hydrazine groups is 1. The van der Waals surface area contributed by atoms with E-state index in [2.05, 4.69) is 26.1 Å². The summed E-state index contributed by atoms with van der Waals surface area (Å²) in [4.78, 5) is 8.40. The highest BCUT2D eigenvalue weighted by molar-refractivity contribution is 5.79. The Bertz CT molecular complexity index is 853. The zero-order valence-corrected chi connectivity index (χ0v) is 14.1. The molecule has 0 saturated heterocycles. The van der Waals surface area contributed by atoms with Crippen LogP contribution in [0, 0.1) is 6.92 Å². The van der Waals surface area contributed by atoms with E-state index in [4.69, 9.17) is 10.5 Å². The topological polar surface area (TPSA) is 97.1 Å². The number of nitrogens with one attached hydrogen (secondary N) is 3. The molecular weight excluding hydrogens is 316 g/mol. The normalized spacial score (nSPS) is 10.2. The molecule has 0 fully saturated rings. The Kier molecular flexibility index (Phi) is 4.84. The smallest absolute Gasteiger partial charge is 0.173 e. The minimum Gasteiger partial charge on any atom is -0.495 e. The number of para-hydroxylation sites is 1. The monoisotopic (exact) mass is 336 g/mol. The van der Waals surface area contributed by atoms with Gasteiger partial charge in [0, 0.05) is 0 Å². The maximum absolute atomic E-state index is 6.19. The molecule has 7 heteroatoms. The summed E-state index contributed by atoms with van der Waals surface area (Å²) in [5.41, 5.74) is 15.4. The Hall–Kier alpha value is -3.48. The molecule has 3 aromatic rings. The molecule has 128 valence electrons. The van der Waals surface area contributed by atoms with Gasteiger partial charge >= 0.3 is 0 Å². The average Bonchev–Trinajstić information content (AvgIpc) is 2.63. The first-order chi connectivity index (χ1) is 12.2. The van der Waals surface area contributed by atoms with Gasteiger partial charge in [0.25, 0.3) is 0 Å². The van der Waals surface area contributed by atoms with Crippen molar-refractivity contribution in [2.75, 3.05) is 29.0 Å². The van der Waals surface area contributed by atoms with Gasteiger partial charge in [-0.1, -0.05) is 24.3 Å². The molecule has 0 aliphatic carbocycles. The summed E-state index contributed by atoms with van der Waals surface area (Å²) in [6.45, 7) is 2.00. The molecule has 0 aliphatic rings. The van der Waals surface area contributed by atoms with Crippen molar-refractivity contribution in [2.24, 2.45) is 0 Å². The van der Waals surface area contributed by atoms with Crippen LogP contribution in [0.2, 0.25) is 0 Å². The van der Waals surface area contributed by atoms with E-state index in [1.807, 2.05) is 55.5 Å². The summed E-state index contributed by atoms with van der Waals surface area (Å²) in [5, 5.41) is 3.20. The lowest BCUT2D eigenvalue weighted by Gasteiger charge is -2.15. The van der Waals surface area contributed by atoms with Gasteiger partial charge in [-0.2, -0.15) is 0 Å². The summed E-state index contributed by atoms with van der Waals surface area (Å²) < 4.78 is 5.37. The lowest BCUT2D eigenvalue weighted by Crippen LogP contribution is -2.13. The second kappa shape index (κ2) is 7.39. The first kappa shape index (κ1) is 16.4. The van der Waals surface area contributed by atoms with E-state index in [1.165, 1.54) is 6.33 Å². The highest BCUT2D eigenvalue weighted by Gasteiger charge is 2.11. The minimum atomic E-state index is 0.398. The van der Waals surface area contributed by atoms with Crippen LogP contribution < -0.4 is 26.6 Å². The Labute approximate surface area is 146 Å². The lowest BCUT2D eigenvalue weighted by atomic mass is 10.2. The van der Waals surface area contributed by atoms with E-state index in [-0.39, 0.29) is 0 Å². The molecule has 2 aromatic carbocycles. The molecule has 0 aliphatic heterocycles. The Morgan fingerprint density at radius 3 is 2.48 bits per heavy atom. The first-order valence-electron chi connectivity index (χ1n) is 7.76. The molecule has 5 N–H and O–H groups in total. The quantitative estimate of drug-likeness (QED) is 0.511. The number of ether oxygens (including phenoxy) is 1. The van der Waals surface area contributed by atoms with Crippen molar-refractivity contribution in [3.8, 4) is 5.75 Å². The van der Waals surface area contributed by atoms with Crippen LogP contribution in [-0.2, 0) is 0 Å². The van der Waals surface area contributed by atoms with E-state index in [0.29, 0.717) is 23.1 Å². The van der Waals surface area contributed by atoms with Crippen LogP contribution >= 0.6 is 0 Å². The van der Waals surface area contributed by atoms with Crippen molar-refractivity contribution >= 4 is 28.7 Å². The molecule has 3 rings (SSSR count). The number of methoxy groups -OCH3 is 1. The van der Waals surface area contributed by atoms with Crippen molar-refractivity contribution in [3.63, 3.8) is 0 Å². The number of benzene rings is 2. The molecule has 0 unspecified atom stereocenters. The van der Waals surface area contributed by atoms with Crippen LogP contribution in [0.5, 0.6) is 5.75 Å². The predicted octanol–water partition coefficient (Wildman–Crippen LogP) is 3.56. The number of rotatable bonds is 6. The van der Waals surface area contributed by atoms with E-state index in [0.717, 1.165) is 16.9 Å². The van der Waals surface area contributed by atoms with E-state index >= 15 is 0 Å². The second-order valence-electron chi connectivity index (χ2n) is 5.43. The van der Waals surface area contributed by atoms with Crippen molar-refractivity contribution in [1.82, 2.24) is 9.97 Å². The maximum Gasteiger partial charge on any atom is 0.173 e. The van der Waals surface area contributed by atoms with Gasteiger partial charge < -0.3 is 15.8 Å². The fourth-order valence-corrected chi connectivity index (χ4v) is 2.29. The third-order valence-electron chi connectivity index (χ3n) is 3.59. The number of anilines is 5. The maximum atomic E-state index is 6.19. The Balaban J connectivity index is 1.80. The number of nitrogen functional groups attached to an aromatic ring is 1. The summed E-state index contributed by atoms with van der Waals surface area (Å²) in [6, 6.07) is 15.5. The van der Waals surface area contributed by atoms with Gasteiger partial charge in [0.1, 0.15) is 17.8 Å². The van der Waals surface area contributed by atoms with E-state index in [9.17, 15) is 0 Å². The van der Waals surface area contributed by atoms with Gasteiger partial charge in [0.2, 0.25) is 0 Å². The second-order valence-corrected chi connectivity index (χ2v) is 5.43. The number of aromatic nitrogens is 2. The number of aryl methyl sites for hydroxylation is 1. The molecule has 0 radical (unpaired) electrons. The van der Waals surface area contributed by atoms with Gasteiger partial charge in [0.05, 0.1) is 18.5 Å². The molecule has 0 atom stereocenters. The summed E-state index contributed by atoms with van der Waals surface area (Å²) >= 11 is 0. The van der Waals surface area contributed by atoms with Crippen LogP contribution in [0.3, 0.4) is 0 Å². The van der Waals surface area contributed by atoms with Crippen molar-refractivity contribution < 1.29 is 4.74 Å². The molecule has 1 heterocycles. The lowest BCUT2D eigenvalue weighted by molar-refractivity contribution is 0.416. The standard InChI is InChI=1S/C18H20N6O/c1-12-8-9-15(25-2)14(10-12)22-17-16(19)18(21-11-20-17)24-23-13-6-4-3-5-7-13/h3-11,23H,19H2,1-2H3,(H2,20,21,22,24). The molecular formula is C18H20N6O. The average molecular weight is 336 g/mol. The SMILES string of the molecule is COc1ccc(C)cc1Nc1ncnc(NNc2ccccc2)c1N. The van der Waals surface area contributed by atoms with Crippen molar-refractivity contribution in [2.45, 2.75) is 6.92 Å². The van der Waals surface area contributed by atoms with Crippen LogP contribution in [-0.4, -0.2) is 17.1 Å². The van der Waals surface area contributed by atoms with E-state index in [1.54, 1.807) is 7.11 Å². The minimum absolute atomic E-state index is 0.398. The third-order valence-corrected chi connectivity index (χ3v) is 3.59. The highest BCUT2D eigenvalue weighted by Crippen LogP contribution is 2.31. The van der Waals surface area contributed by atoms with Crippen molar-refractivity contribution in [1.29, 1.82) is 0 Å².